The molecule has 1 aliphatic heterocycles. The minimum absolute atomic E-state index is 0.225. The summed E-state index contributed by atoms with van der Waals surface area (Å²) in [5.74, 6) is 3.91. The zero-order chi connectivity index (χ0) is 22.3. The second-order valence-corrected chi connectivity index (χ2v) is 8.84. The van der Waals surface area contributed by atoms with Crippen LogP contribution in [0.5, 0.6) is 5.75 Å². The molecule has 0 N–H and O–H groups in total. The van der Waals surface area contributed by atoms with E-state index in [2.05, 4.69) is 14.9 Å². The van der Waals surface area contributed by atoms with E-state index < -0.39 is 0 Å². The fraction of sp³-hybridized carbons (Fsp3) is 0.560. The normalized spacial score (nSPS) is 20.8. The molecule has 0 radical (unpaired) electrons. The van der Waals surface area contributed by atoms with Crippen molar-refractivity contribution in [3.63, 3.8) is 0 Å². The topological polar surface area (TPSA) is 73.8 Å². The lowest BCUT2D eigenvalue weighted by Crippen LogP contribution is -2.35. The predicted octanol–water partition coefficient (Wildman–Crippen LogP) is 3.66. The van der Waals surface area contributed by atoms with Crippen molar-refractivity contribution in [2.24, 2.45) is 17.8 Å². The van der Waals surface area contributed by atoms with Gasteiger partial charge in [-0.3, -0.25) is 4.79 Å². The average molecular weight is 440 g/mol. The van der Waals surface area contributed by atoms with Crippen LogP contribution < -0.4 is 9.64 Å². The van der Waals surface area contributed by atoms with Gasteiger partial charge in [-0.05, 0) is 61.1 Å². The van der Waals surface area contributed by atoms with Crippen LogP contribution in [0.25, 0.3) is 0 Å². The molecule has 2 heterocycles. The molecule has 0 bridgehead atoms. The molecule has 2 aliphatic rings. The Balaban J connectivity index is 1.14. The number of ether oxygens (including phenoxy) is 3. The Morgan fingerprint density at radius 2 is 1.78 bits per heavy atom. The van der Waals surface area contributed by atoms with Crippen LogP contribution in [0.15, 0.2) is 36.7 Å². The Labute approximate surface area is 190 Å². The van der Waals surface area contributed by atoms with E-state index in [0.29, 0.717) is 13.0 Å². The fourth-order valence-corrected chi connectivity index (χ4v) is 4.73. The van der Waals surface area contributed by atoms with Gasteiger partial charge in [-0.25, -0.2) is 9.97 Å². The number of anilines is 1. The lowest BCUT2D eigenvalue weighted by Gasteiger charge is -2.32. The van der Waals surface area contributed by atoms with E-state index in [4.69, 9.17) is 14.2 Å². The molecule has 7 heteroatoms. The smallest absolute Gasteiger partial charge is 0.309 e. The minimum Gasteiger partial charge on any atom is -0.494 e. The summed E-state index contributed by atoms with van der Waals surface area (Å²) < 4.78 is 15.8. The van der Waals surface area contributed by atoms with E-state index in [9.17, 15) is 4.79 Å². The highest BCUT2D eigenvalue weighted by atomic mass is 16.5. The van der Waals surface area contributed by atoms with Gasteiger partial charge < -0.3 is 19.1 Å². The van der Waals surface area contributed by atoms with Crippen LogP contribution in [0.1, 0.15) is 36.8 Å². The lowest BCUT2D eigenvalue weighted by atomic mass is 9.90. The number of rotatable bonds is 10. The molecule has 2 aromatic rings. The number of aromatic nitrogens is 2. The van der Waals surface area contributed by atoms with Crippen molar-refractivity contribution >= 4 is 11.9 Å². The molecule has 0 amide bonds. The number of carbonyl (C=O) groups is 1. The first-order chi connectivity index (χ1) is 15.7. The summed E-state index contributed by atoms with van der Waals surface area (Å²) in [7, 11) is 3.09. The van der Waals surface area contributed by atoms with Gasteiger partial charge in [0.25, 0.3) is 0 Å². The maximum Gasteiger partial charge on any atom is 0.309 e. The van der Waals surface area contributed by atoms with Gasteiger partial charge in [-0.1, -0.05) is 12.1 Å². The molecule has 2 fully saturated rings. The van der Waals surface area contributed by atoms with Gasteiger partial charge in [-0.15, -0.1) is 0 Å². The molecular formula is C25H33N3O4. The molecule has 4 rings (SSSR count). The quantitative estimate of drug-likeness (QED) is 0.523. The maximum atomic E-state index is 11.3. The number of esters is 1. The van der Waals surface area contributed by atoms with Crippen LogP contribution in [0.3, 0.4) is 0 Å². The monoisotopic (exact) mass is 439 g/mol. The minimum atomic E-state index is -0.225. The van der Waals surface area contributed by atoms with E-state index in [1.54, 1.807) is 7.11 Å². The Bertz CT molecular complexity index is 864. The van der Waals surface area contributed by atoms with Crippen molar-refractivity contribution in [1.82, 2.24) is 9.97 Å². The first-order valence-electron chi connectivity index (χ1n) is 11.5. The molecule has 0 spiro atoms. The van der Waals surface area contributed by atoms with Gasteiger partial charge in [0, 0.05) is 38.2 Å². The molecule has 1 aromatic carbocycles. The number of piperidine rings is 1. The van der Waals surface area contributed by atoms with Gasteiger partial charge >= 0.3 is 5.97 Å². The Kier molecular flexibility index (Phi) is 7.58. The zero-order valence-corrected chi connectivity index (χ0v) is 19.0. The van der Waals surface area contributed by atoms with Crippen molar-refractivity contribution in [3.8, 4) is 5.75 Å². The third-order valence-electron chi connectivity index (χ3n) is 6.66. The highest BCUT2D eigenvalue weighted by Crippen LogP contribution is 2.49. The SMILES string of the molecule is COCc1cnc(N2CCC(C3CC3CCOc3ccc(CC(=O)OC)cc3)CC2)nc1. The van der Waals surface area contributed by atoms with Crippen molar-refractivity contribution in [2.45, 2.75) is 38.7 Å². The molecule has 2 unspecified atom stereocenters. The van der Waals surface area contributed by atoms with Gasteiger partial charge in [0.1, 0.15) is 5.75 Å². The maximum absolute atomic E-state index is 11.3. The highest BCUT2D eigenvalue weighted by molar-refractivity contribution is 5.72. The molecule has 1 saturated heterocycles. The van der Waals surface area contributed by atoms with Crippen LogP contribution in [0.2, 0.25) is 0 Å². The summed E-state index contributed by atoms with van der Waals surface area (Å²) in [6.07, 6.45) is 8.89. The van der Waals surface area contributed by atoms with Crippen LogP contribution in [0, 0.1) is 17.8 Å². The molecule has 7 nitrogen and oxygen atoms in total. The third kappa shape index (κ3) is 5.97. The zero-order valence-electron chi connectivity index (χ0n) is 19.0. The molecule has 1 saturated carbocycles. The van der Waals surface area contributed by atoms with Crippen molar-refractivity contribution in [2.75, 3.05) is 38.8 Å². The number of benzene rings is 1. The molecular weight excluding hydrogens is 406 g/mol. The van der Waals surface area contributed by atoms with Gasteiger partial charge in [0.15, 0.2) is 0 Å². The van der Waals surface area contributed by atoms with E-state index in [-0.39, 0.29) is 5.97 Å². The summed E-state index contributed by atoms with van der Waals surface area (Å²) in [6.45, 7) is 3.37. The van der Waals surface area contributed by atoms with Crippen LogP contribution in [-0.2, 0) is 27.3 Å². The molecule has 32 heavy (non-hydrogen) atoms. The number of hydrogen-bond donors (Lipinski definition) is 0. The van der Waals surface area contributed by atoms with Crippen LogP contribution >= 0.6 is 0 Å². The second-order valence-electron chi connectivity index (χ2n) is 8.84. The number of methoxy groups -OCH3 is 2. The summed E-state index contributed by atoms with van der Waals surface area (Å²) in [5, 5.41) is 0. The van der Waals surface area contributed by atoms with Crippen molar-refractivity contribution in [3.05, 3.63) is 47.8 Å². The van der Waals surface area contributed by atoms with E-state index in [1.807, 2.05) is 36.7 Å². The van der Waals surface area contributed by atoms with Crippen molar-refractivity contribution < 1.29 is 19.0 Å². The van der Waals surface area contributed by atoms with Crippen molar-refractivity contribution in [1.29, 1.82) is 0 Å². The Hall–Kier alpha value is -2.67. The van der Waals surface area contributed by atoms with E-state index in [0.717, 1.165) is 66.7 Å². The average Bonchev–Trinajstić information content (AvgIpc) is 3.60. The molecule has 1 aliphatic carbocycles. The number of hydrogen-bond acceptors (Lipinski definition) is 7. The molecule has 2 atom stereocenters. The predicted molar refractivity (Wildman–Crippen MR) is 122 cm³/mol. The number of carbonyl (C=O) groups excluding carboxylic acids is 1. The third-order valence-corrected chi connectivity index (χ3v) is 6.66. The first-order valence-corrected chi connectivity index (χ1v) is 11.5. The summed E-state index contributed by atoms with van der Waals surface area (Å²) in [4.78, 5) is 22.7. The highest BCUT2D eigenvalue weighted by Gasteiger charge is 2.43. The van der Waals surface area contributed by atoms with Crippen LogP contribution in [-0.4, -0.2) is 49.9 Å². The van der Waals surface area contributed by atoms with E-state index in [1.165, 1.54) is 26.4 Å². The van der Waals surface area contributed by atoms with Crippen LogP contribution in [0.4, 0.5) is 5.95 Å². The first kappa shape index (κ1) is 22.5. The standard InChI is InChI=1S/C25H33N3O4/c1-30-17-19-15-26-25(27-16-19)28-10-7-20(8-11-28)23-14-21(23)9-12-32-22-5-3-18(4-6-22)13-24(29)31-2/h3-6,15-16,20-21,23H,7-14,17H2,1-2H3. The lowest BCUT2D eigenvalue weighted by molar-refractivity contribution is -0.139. The largest absolute Gasteiger partial charge is 0.494 e. The molecule has 1 aromatic heterocycles. The van der Waals surface area contributed by atoms with Gasteiger partial charge in [-0.2, -0.15) is 0 Å². The van der Waals surface area contributed by atoms with Gasteiger partial charge in [0.2, 0.25) is 5.95 Å². The molecule has 172 valence electrons. The summed E-state index contributed by atoms with van der Waals surface area (Å²) in [5.41, 5.74) is 1.94. The number of nitrogens with zero attached hydrogens (tertiary/aromatic N) is 3. The Morgan fingerprint density at radius 3 is 2.44 bits per heavy atom. The van der Waals surface area contributed by atoms with Gasteiger partial charge in [0.05, 0.1) is 26.7 Å². The summed E-state index contributed by atoms with van der Waals surface area (Å²) in [6, 6.07) is 7.72. The second kappa shape index (κ2) is 10.8. The fourth-order valence-electron chi connectivity index (χ4n) is 4.73. The van der Waals surface area contributed by atoms with E-state index >= 15 is 0 Å². The summed E-state index contributed by atoms with van der Waals surface area (Å²) >= 11 is 0. The Morgan fingerprint density at radius 1 is 1.06 bits per heavy atom.